The Morgan fingerprint density at radius 3 is 2.62 bits per heavy atom. The van der Waals surface area contributed by atoms with Gasteiger partial charge in [0.15, 0.2) is 11.7 Å². The standard InChI is InChI=1S/C23H24ClN3O2/c1-17-7-8-19(24)15-20(17)26-11-13-27(14-12-26)23(28)10-9-22-25-16-21(29-22)18-5-3-2-4-6-18/h2-8,15-16H,9-14H2,1H3. The molecule has 0 radical (unpaired) electrons. The molecule has 3 aromatic rings. The molecular weight excluding hydrogens is 386 g/mol. The number of carbonyl (C=O) groups excluding carboxylic acids is 1. The third-order valence-corrected chi connectivity index (χ3v) is 5.54. The summed E-state index contributed by atoms with van der Waals surface area (Å²) in [6.07, 6.45) is 2.64. The van der Waals surface area contributed by atoms with Crippen molar-refractivity contribution in [2.24, 2.45) is 0 Å². The molecule has 29 heavy (non-hydrogen) atoms. The molecule has 6 heteroatoms. The van der Waals surface area contributed by atoms with E-state index >= 15 is 0 Å². The fourth-order valence-electron chi connectivity index (χ4n) is 3.65. The van der Waals surface area contributed by atoms with Gasteiger partial charge >= 0.3 is 0 Å². The SMILES string of the molecule is Cc1ccc(Cl)cc1N1CCN(C(=O)CCc2ncc(-c3ccccc3)o2)CC1. The van der Waals surface area contributed by atoms with Crippen LogP contribution in [0.15, 0.2) is 59.1 Å². The Kier molecular flexibility index (Phi) is 5.86. The van der Waals surface area contributed by atoms with E-state index in [1.165, 1.54) is 5.56 Å². The van der Waals surface area contributed by atoms with Gasteiger partial charge in [0.05, 0.1) is 6.20 Å². The van der Waals surface area contributed by atoms with Gasteiger partial charge in [-0.25, -0.2) is 4.98 Å². The molecule has 150 valence electrons. The second-order valence-corrected chi connectivity index (χ2v) is 7.72. The highest BCUT2D eigenvalue weighted by atomic mass is 35.5. The summed E-state index contributed by atoms with van der Waals surface area (Å²) in [5.41, 5.74) is 3.34. The first-order chi connectivity index (χ1) is 14.1. The summed E-state index contributed by atoms with van der Waals surface area (Å²) in [5.74, 6) is 1.48. The minimum Gasteiger partial charge on any atom is -0.441 e. The maximum Gasteiger partial charge on any atom is 0.223 e. The number of nitrogens with zero attached hydrogens (tertiary/aromatic N) is 3. The van der Waals surface area contributed by atoms with Gasteiger partial charge in [-0.3, -0.25) is 4.79 Å². The van der Waals surface area contributed by atoms with Gasteiger partial charge in [0.1, 0.15) is 0 Å². The summed E-state index contributed by atoms with van der Waals surface area (Å²) in [6, 6.07) is 15.8. The molecule has 1 aliphatic rings. The van der Waals surface area contributed by atoms with Crippen LogP contribution in [0.25, 0.3) is 11.3 Å². The third-order valence-electron chi connectivity index (χ3n) is 5.31. The lowest BCUT2D eigenvalue weighted by Crippen LogP contribution is -2.49. The summed E-state index contributed by atoms with van der Waals surface area (Å²) >= 11 is 6.15. The maximum atomic E-state index is 12.6. The van der Waals surface area contributed by atoms with Crippen molar-refractivity contribution in [1.29, 1.82) is 0 Å². The second kappa shape index (κ2) is 8.70. The zero-order valence-corrected chi connectivity index (χ0v) is 17.2. The number of hydrogen-bond acceptors (Lipinski definition) is 4. The zero-order chi connectivity index (χ0) is 20.2. The molecule has 2 aromatic carbocycles. The summed E-state index contributed by atoms with van der Waals surface area (Å²) in [6.45, 7) is 5.13. The molecule has 0 spiro atoms. The number of oxazole rings is 1. The lowest BCUT2D eigenvalue weighted by molar-refractivity contribution is -0.131. The minimum absolute atomic E-state index is 0.145. The van der Waals surface area contributed by atoms with Gasteiger partial charge in [0.2, 0.25) is 5.91 Å². The predicted molar refractivity (Wildman–Crippen MR) is 115 cm³/mol. The van der Waals surface area contributed by atoms with Crippen molar-refractivity contribution in [3.05, 3.63) is 71.2 Å². The number of anilines is 1. The number of amides is 1. The van der Waals surface area contributed by atoms with Crippen LogP contribution in [0, 0.1) is 6.92 Å². The average Bonchev–Trinajstić information content (AvgIpc) is 3.24. The Morgan fingerprint density at radius 1 is 1.10 bits per heavy atom. The first kappa shape index (κ1) is 19.5. The van der Waals surface area contributed by atoms with Crippen LogP contribution in [-0.2, 0) is 11.2 Å². The molecule has 1 fully saturated rings. The number of aryl methyl sites for hydroxylation is 2. The van der Waals surface area contributed by atoms with E-state index in [2.05, 4.69) is 16.8 Å². The summed E-state index contributed by atoms with van der Waals surface area (Å²) < 4.78 is 5.80. The van der Waals surface area contributed by atoms with Crippen molar-refractivity contribution >= 4 is 23.2 Å². The van der Waals surface area contributed by atoms with Crippen LogP contribution in [0.5, 0.6) is 0 Å². The molecule has 2 heterocycles. The normalized spacial score (nSPS) is 14.3. The third kappa shape index (κ3) is 4.62. The molecule has 5 nitrogen and oxygen atoms in total. The topological polar surface area (TPSA) is 49.6 Å². The van der Waals surface area contributed by atoms with Gasteiger partial charge in [-0.05, 0) is 24.6 Å². The average molecular weight is 410 g/mol. The Labute approximate surface area is 175 Å². The maximum absolute atomic E-state index is 12.6. The Morgan fingerprint density at radius 2 is 1.86 bits per heavy atom. The highest BCUT2D eigenvalue weighted by Crippen LogP contribution is 2.25. The first-order valence-electron chi connectivity index (χ1n) is 9.89. The molecule has 1 aliphatic heterocycles. The van der Waals surface area contributed by atoms with E-state index in [9.17, 15) is 4.79 Å². The van der Waals surface area contributed by atoms with Crippen molar-refractivity contribution < 1.29 is 9.21 Å². The largest absolute Gasteiger partial charge is 0.441 e. The van der Waals surface area contributed by atoms with E-state index in [1.54, 1.807) is 6.20 Å². The fourth-order valence-corrected chi connectivity index (χ4v) is 3.82. The molecule has 0 atom stereocenters. The van der Waals surface area contributed by atoms with Gasteiger partial charge in [-0.1, -0.05) is 48.0 Å². The molecule has 1 amide bonds. The zero-order valence-electron chi connectivity index (χ0n) is 16.5. The summed E-state index contributed by atoms with van der Waals surface area (Å²) in [4.78, 5) is 21.2. The number of hydrogen-bond donors (Lipinski definition) is 0. The molecule has 0 N–H and O–H groups in total. The highest BCUT2D eigenvalue weighted by molar-refractivity contribution is 6.30. The van der Waals surface area contributed by atoms with Crippen molar-refractivity contribution in [2.45, 2.75) is 19.8 Å². The highest BCUT2D eigenvalue weighted by Gasteiger charge is 2.22. The quantitative estimate of drug-likeness (QED) is 0.618. The molecule has 1 aromatic heterocycles. The van der Waals surface area contributed by atoms with Crippen LogP contribution in [0.3, 0.4) is 0 Å². The number of rotatable bonds is 5. The minimum atomic E-state index is 0.145. The van der Waals surface area contributed by atoms with E-state index in [1.807, 2.05) is 53.4 Å². The van der Waals surface area contributed by atoms with Crippen molar-refractivity contribution in [3.63, 3.8) is 0 Å². The molecule has 0 aliphatic carbocycles. The second-order valence-electron chi connectivity index (χ2n) is 7.28. The van der Waals surface area contributed by atoms with Crippen molar-refractivity contribution in [2.75, 3.05) is 31.1 Å². The van der Waals surface area contributed by atoms with E-state index in [0.717, 1.165) is 35.1 Å². The predicted octanol–water partition coefficient (Wildman–Crippen LogP) is 4.58. The van der Waals surface area contributed by atoms with Crippen molar-refractivity contribution in [3.8, 4) is 11.3 Å². The van der Waals surface area contributed by atoms with Gasteiger partial charge in [-0.15, -0.1) is 0 Å². The lowest BCUT2D eigenvalue weighted by Gasteiger charge is -2.37. The number of carbonyl (C=O) groups is 1. The molecule has 0 unspecified atom stereocenters. The van der Waals surface area contributed by atoms with E-state index in [4.69, 9.17) is 16.0 Å². The van der Waals surface area contributed by atoms with E-state index in [-0.39, 0.29) is 5.91 Å². The van der Waals surface area contributed by atoms with E-state index in [0.29, 0.717) is 31.8 Å². The van der Waals surface area contributed by atoms with Crippen LogP contribution in [-0.4, -0.2) is 42.0 Å². The summed E-state index contributed by atoms with van der Waals surface area (Å²) in [5, 5.41) is 0.741. The Bertz CT molecular complexity index is 979. The fraction of sp³-hybridized carbons (Fsp3) is 0.304. The smallest absolute Gasteiger partial charge is 0.223 e. The van der Waals surface area contributed by atoms with Crippen LogP contribution in [0.4, 0.5) is 5.69 Å². The molecule has 0 bridgehead atoms. The number of benzene rings is 2. The van der Waals surface area contributed by atoms with Crippen molar-refractivity contribution in [1.82, 2.24) is 9.88 Å². The van der Waals surface area contributed by atoms with Gasteiger partial charge in [0.25, 0.3) is 0 Å². The van der Waals surface area contributed by atoms with Gasteiger partial charge < -0.3 is 14.2 Å². The number of halogens is 1. The molecule has 0 saturated carbocycles. The van der Waals surface area contributed by atoms with Gasteiger partial charge in [0, 0.05) is 55.3 Å². The Balaban J connectivity index is 1.29. The molecule has 1 saturated heterocycles. The van der Waals surface area contributed by atoms with E-state index < -0.39 is 0 Å². The monoisotopic (exact) mass is 409 g/mol. The molecule has 4 rings (SSSR count). The van der Waals surface area contributed by atoms with Crippen LogP contribution in [0.2, 0.25) is 5.02 Å². The van der Waals surface area contributed by atoms with Crippen LogP contribution < -0.4 is 4.90 Å². The summed E-state index contributed by atoms with van der Waals surface area (Å²) in [7, 11) is 0. The first-order valence-corrected chi connectivity index (χ1v) is 10.3. The Hall–Kier alpha value is -2.79. The number of piperazine rings is 1. The van der Waals surface area contributed by atoms with Gasteiger partial charge in [-0.2, -0.15) is 0 Å². The number of aromatic nitrogens is 1. The van der Waals surface area contributed by atoms with Crippen LogP contribution in [0.1, 0.15) is 17.9 Å². The lowest BCUT2D eigenvalue weighted by atomic mass is 10.1. The molecular formula is C23H24ClN3O2. The van der Waals surface area contributed by atoms with Crippen LogP contribution >= 0.6 is 11.6 Å².